The first-order chi connectivity index (χ1) is 18.5. The molecule has 2 amide bonds. The van der Waals surface area contributed by atoms with E-state index in [4.69, 9.17) is 9.47 Å². The van der Waals surface area contributed by atoms with Crippen molar-refractivity contribution in [1.29, 1.82) is 0 Å². The molecule has 0 saturated carbocycles. The predicted molar refractivity (Wildman–Crippen MR) is 145 cm³/mol. The van der Waals surface area contributed by atoms with Gasteiger partial charge in [0.25, 0.3) is 5.91 Å². The van der Waals surface area contributed by atoms with Crippen molar-refractivity contribution in [3.63, 3.8) is 0 Å². The van der Waals surface area contributed by atoms with E-state index in [1.807, 2.05) is 26.0 Å². The van der Waals surface area contributed by atoms with Crippen molar-refractivity contribution in [1.82, 2.24) is 13.8 Å². The van der Waals surface area contributed by atoms with Gasteiger partial charge in [-0.1, -0.05) is 17.4 Å². The number of amides is 2. The van der Waals surface area contributed by atoms with Crippen LogP contribution in [-0.2, 0) is 30.8 Å². The van der Waals surface area contributed by atoms with E-state index in [1.54, 1.807) is 11.5 Å². The molecule has 2 heterocycles. The molecule has 13 heteroatoms. The highest BCUT2D eigenvalue weighted by Gasteiger charge is 2.30. The number of aryl methyl sites for hydroxylation is 2. The Labute approximate surface area is 230 Å². The SMILES string of the molecule is CCOC(=O)N1CCN(S(=O)(=O)c2ccc(C(=O)N=c3sc4c(C)cc(C)cc4n3CC(=O)OC)cc2)CC1. The molecule has 0 unspecified atom stereocenters. The summed E-state index contributed by atoms with van der Waals surface area (Å²) in [5, 5.41) is 0. The number of nitrogens with zero attached hydrogens (tertiary/aromatic N) is 4. The Morgan fingerprint density at radius 2 is 1.69 bits per heavy atom. The monoisotopic (exact) mass is 574 g/mol. The van der Waals surface area contributed by atoms with Gasteiger partial charge in [0.05, 0.1) is 28.8 Å². The molecule has 1 saturated heterocycles. The molecule has 3 aromatic rings. The van der Waals surface area contributed by atoms with E-state index in [2.05, 4.69) is 4.99 Å². The van der Waals surface area contributed by atoms with E-state index in [1.165, 1.54) is 51.9 Å². The fraction of sp³-hybridized carbons (Fsp3) is 0.385. The first kappa shape index (κ1) is 28.5. The van der Waals surface area contributed by atoms with Crippen LogP contribution in [0.5, 0.6) is 0 Å². The predicted octanol–water partition coefficient (Wildman–Crippen LogP) is 2.70. The number of carbonyl (C=O) groups excluding carboxylic acids is 3. The first-order valence-corrected chi connectivity index (χ1v) is 14.6. The second-order valence-electron chi connectivity index (χ2n) is 9.01. The summed E-state index contributed by atoms with van der Waals surface area (Å²) < 4.78 is 39.9. The van der Waals surface area contributed by atoms with Crippen LogP contribution in [0.4, 0.5) is 4.79 Å². The normalized spacial score (nSPS) is 15.0. The van der Waals surface area contributed by atoms with Gasteiger partial charge in [0.1, 0.15) is 6.54 Å². The smallest absolute Gasteiger partial charge is 0.409 e. The van der Waals surface area contributed by atoms with Gasteiger partial charge in [-0.05, 0) is 62.2 Å². The Kier molecular flexibility index (Phi) is 8.52. The lowest BCUT2D eigenvalue weighted by Crippen LogP contribution is -2.50. The van der Waals surface area contributed by atoms with Crippen LogP contribution in [-0.4, -0.2) is 80.1 Å². The van der Waals surface area contributed by atoms with Crippen molar-refractivity contribution in [2.45, 2.75) is 32.2 Å². The zero-order valence-corrected chi connectivity index (χ0v) is 23.8. The van der Waals surface area contributed by atoms with Gasteiger partial charge in [-0.15, -0.1) is 0 Å². The number of piperazine rings is 1. The van der Waals surface area contributed by atoms with Gasteiger partial charge in [0, 0.05) is 31.7 Å². The number of fused-ring (bicyclic) bond motifs is 1. The van der Waals surface area contributed by atoms with Crippen LogP contribution >= 0.6 is 11.3 Å². The highest BCUT2D eigenvalue weighted by molar-refractivity contribution is 7.89. The fourth-order valence-electron chi connectivity index (χ4n) is 4.34. The van der Waals surface area contributed by atoms with Crippen molar-refractivity contribution in [3.05, 3.63) is 57.9 Å². The number of benzene rings is 2. The Morgan fingerprint density at radius 3 is 2.31 bits per heavy atom. The summed E-state index contributed by atoms with van der Waals surface area (Å²) in [6, 6.07) is 9.52. The zero-order chi connectivity index (χ0) is 28.3. The third-order valence-corrected chi connectivity index (χ3v) is 9.47. The summed E-state index contributed by atoms with van der Waals surface area (Å²) in [6.07, 6.45) is -0.460. The number of methoxy groups -OCH3 is 1. The Balaban J connectivity index is 1.58. The summed E-state index contributed by atoms with van der Waals surface area (Å²) in [7, 11) is -2.52. The quantitative estimate of drug-likeness (QED) is 0.414. The van der Waals surface area contributed by atoms with E-state index in [-0.39, 0.29) is 49.8 Å². The van der Waals surface area contributed by atoms with Gasteiger partial charge in [0.2, 0.25) is 10.0 Å². The number of hydrogen-bond donors (Lipinski definition) is 0. The number of rotatable bonds is 6. The maximum absolute atomic E-state index is 13.1. The lowest BCUT2D eigenvalue weighted by molar-refractivity contribution is -0.141. The van der Waals surface area contributed by atoms with Crippen LogP contribution < -0.4 is 4.80 Å². The van der Waals surface area contributed by atoms with E-state index in [9.17, 15) is 22.8 Å². The zero-order valence-electron chi connectivity index (χ0n) is 22.2. The molecule has 0 atom stereocenters. The molecule has 1 fully saturated rings. The molecule has 4 rings (SSSR count). The van der Waals surface area contributed by atoms with Gasteiger partial charge in [-0.3, -0.25) is 9.59 Å². The molecule has 11 nitrogen and oxygen atoms in total. The maximum atomic E-state index is 13.1. The lowest BCUT2D eigenvalue weighted by Gasteiger charge is -2.33. The number of aromatic nitrogens is 1. The number of esters is 1. The molecule has 1 aliphatic rings. The van der Waals surface area contributed by atoms with Crippen molar-refractivity contribution < 1.29 is 32.3 Å². The Hall–Kier alpha value is -3.55. The standard InChI is InChI=1S/C26H30N4O7S2/c1-5-37-26(33)28-10-12-29(13-11-28)39(34,35)20-8-6-19(7-9-20)24(32)27-25-30(16-22(31)36-4)21-15-17(2)14-18(3)23(21)38-25/h6-9,14-15H,5,10-13,16H2,1-4H3. The summed E-state index contributed by atoms with van der Waals surface area (Å²) in [5.41, 5.74) is 2.99. The fourth-order valence-corrected chi connectivity index (χ4v) is 6.84. The third kappa shape index (κ3) is 6.05. The number of ether oxygens (including phenoxy) is 2. The second kappa shape index (κ2) is 11.7. The molecular weight excluding hydrogens is 544 g/mol. The minimum Gasteiger partial charge on any atom is -0.468 e. The van der Waals surface area contributed by atoms with E-state index < -0.39 is 28.0 Å². The number of carbonyl (C=O) groups is 3. The molecule has 39 heavy (non-hydrogen) atoms. The molecule has 0 aliphatic carbocycles. The molecule has 0 spiro atoms. The molecule has 208 valence electrons. The topological polar surface area (TPSA) is 128 Å². The van der Waals surface area contributed by atoms with E-state index in [0.29, 0.717) is 4.80 Å². The summed E-state index contributed by atoms with van der Waals surface area (Å²) in [4.78, 5) is 43.2. The van der Waals surface area contributed by atoms with Crippen LogP contribution in [0.1, 0.15) is 28.4 Å². The number of sulfonamides is 1. The average Bonchev–Trinajstić information content (AvgIpc) is 3.25. The second-order valence-corrected chi connectivity index (χ2v) is 11.9. The Morgan fingerprint density at radius 1 is 1.03 bits per heavy atom. The highest BCUT2D eigenvalue weighted by atomic mass is 32.2. The number of thiazole rings is 1. The molecule has 0 N–H and O–H groups in total. The summed E-state index contributed by atoms with van der Waals surface area (Å²) >= 11 is 1.29. The minimum atomic E-state index is -3.81. The average molecular weight is 575 g/mol. The third-order valence-electron chi connectivity index (χ3n) is 6.33. The molecule has 0 bridgehead atoms. The largest absolute Gasteiger partial charge is 0.468 e. The van der Waals surface area contributed by atoms with Crippen molar-refractivity contribution in [2.75, 3.05) is 39.9 Å². The van der Waals surface area contributed by atoms with Crippen molar-refractivity contribution in [3.8, 4) is 0 Å². The van der Waals surface area contributed by atoms with Crippen molar-refractivity contribution >= 4 is 49.5 Å². The van der Waals surface area contributed by atoms with Crippen LogP contribution in [0, 0.1) is 13.8 Å². The van der Waals surface area contributed by atoms with E-state index >= 15 is 0 Å². The summed E-state index contributed by atoms with van der Waals surface area (Å²) in [6.45, 7) is 6.50. The molecule has 1 aromatic heterocycles. The van der Waals surface area contributed by atoms with Gasteiger partial charge in [-0.2, -0.15) is 9.30 Å². The minimum absolute atomic E-state index is 0.0392. The highest BCUT2D eigenvalue weighted by Crippen LogP contribution is 2.24. The van der Waals surface area contributed by atoms with Crippen LogP contribution in [0.3, 0.4) is 0 Å². The molecular formula is C26H30N4O7S2. The van der Waals surface area contributed by atoms with Crippen LogP contribution in [0.2, 0.25) is 0 Å². The lowest BCUT2D eigenvalue weighted by atomic mass is 10.1. The molecule has 2 aromatic carbocycles. The van der Waals surface area contributed by atoms with Gasteiger partial charge >= 0.3 is 12.1 Å². The van der Waals surface area contributed by atoms with Crippen molar-refractivity contribution in [2.24, 2.45) is 4.99 Å². The summed E-state index contributed by atoms with van der Waals surface area (Å²) in [5.74, 6) is -1.04. The van der Waals surface area contributed by atoms with Crippen LogP contribution in [0.25, 0.3) is 10.2 Å². The molecule has 0 radical (unpaired) electrons. The Bertz CT molecular complexity index is 1580. The van der Waals surface area contributed by atoms with Gasteiger partial charge in [0.15, 0.2) is 4.80 Å². The first-order valence-electron chi connectivity index (χ1n) is 12.3. The maximum Gasteiger partial charge on any atom is 0.409 e. The van der Waals surface area contributed by atoms with Gasteiger partial charge in [-0.25, -0.2) is 13.2 Å². The van der Waals surface area contributed by atoms with Crippen LogP contribution in [0.15, 0.2) is 46.3 Å². The van der Waals surface area contributed by atoms with Gasteiger partial charge < -0.3 is 18.9 Å². The number of hydrogen-bond acceptors (Lipinski definition) is 8. The van der Waals surface area contributed by atoms with E-state index in [0.717, 1.165) is 21.3 Å². The molecule has 1 aliphatic heterocycles.